The second-order valence-corrected chi connectivity index (χ2v) is 6.68. The SMILES string of the molecule is Fc1cccc(O[C@H]2C[C@@H]3CN(Cc4cccnc4)CCN3C2)c1. The fraction of sp³-hybridized carbons (Fsp3) is 0.421. The summed E-state index contributed by atoms with van der Waals surface area (Å²) in [4.78, 5) is 9.19. The maximum atomic E-state index is 13.3. The average molecular weight is 327 g/mol. The van der Waals surface area contributed by atoms with Gasteiger partial charge in [0, 0.05) is 63.6 Å². The first-order chi connectivity index (χ1) is 11.8. The van der Waals surface area contributed by atoms with E-state index in [1.54, 1.807) is 6.07 Å². The molecule has 2 aromatic rings. The Labute approximate surface area is 141 Å². The summed E-state index contributed by atoms with van der Waals surface area (Å²) in [5, 5.41) is 0. The van der Waals surface area contributed by atoms with Crippen LogP contribution in [-0.4, -0.2) is 53.1 Å². The van der Waals surface area contributed by atoms with Gasteiger partial charge in [-0.1, -0.05) is 12.1 Å². The Bertz CT molecular complexity index is 681. The number of halogens is 1. The standard InChI is InChI=1S/C19H22FN3O/c20-16-4-1-5-18(9-16)24-19-10-17-13-22(7-8-23(17)14-19)12-15-3-2-6-21-11-15/h1-6,9,11,17,19H,7-8,10,12-14H2/t17-,19+/m1/s1. The summed E-state index contributed by atoms with van der Waals surface area (Å²) in [6.07, 6.45) is 4.90. The lowest BCUT2D eigenvalue weighted by Gasteiger charge is -2.37. The molecule has 0 saturated carbocycles. The zero-order chi connectivity index (χ0) is 16.4. The Morgan fingerprint density at radius 3 is 2.96 bits per heavy atom. The number of ether oxygens (including phenoxy) is 1. The largest absolute Gasteiger partial charge is 0.489 e. The van der Waals surface area contributed by atoms with Crippen molar-refractivity contribution in [3.8, 4) is 5.75 Å². The summed E-state index contributed by atoms with van der Waals surface area (Å²) < 4.78 is 19.3. The zero-order valence-corrected chi connectivity index (χ0v) is 13.6. The van der Waals surface area contributed by atoms with Crippen LogP contribution in [0.2, 0.25) is 0 Å². The first kappa shape index (κ1) is 15.5. The van der Waals surface area contributed by atoms with Gasteiger partial charge in [-0.05, 0) is 23.8 Å². The van der Waals surface area contributed by atoms with Crippen LogP contribution in [0.4, 0.5) is 4.39 Å². The molecule has 4 rings (SSSR count). The summed E-state index contributed by atoms with van der Waals surface area (Å²) in [6.45, 7) is 5.07. The number of hydrogen-bond acceptors (Lipinski definition) is 4. The molecule has 1 aromatic heterocycles. The molecule has 0 spiro atoms. The highest BCUT2D eigenvalue weighted by Crippen LogP contribution is 2.26. The van der Waals surface area contributed by atoms with Crippen molar-refractivity contribution < 1.29 is 9.13 Å². The molecule has 0 bridgehead atoms. The molecule has 1 aromatic carbocycles. The third kappa shape index (κ3) is 3.57. The second kappa shape index (κ2) is 6.87. The van der Waals surface area contributed by atoms with Crippen LogP contribution >= 0.6 is 0 Å². The van der Waals surface area contributed by atoms with E-state index >= 15 is 0 Å². The van der Waals surface area contributed by atoms with E-state index in [1.165, 1.54) is 17.7 Å². The van der Waals surface area contributed by atoms with E-state index in [2.05, 4.69) is 20.9 Å². The second-order valence-electron chi connectivity index (χ2n) is 6.68. The van der Waals surface area contributed by atoms with Crippen LogP contribution in [0, 0.1) is 5.82 Å². The molecule has 24 heavy (non-hydrogen) atoms. The summed E-state index contributed by atoms with van der Waals surface area (Å²) in [5.74, 6) is 0.387. The minimum Gasteiger partial charge on any atom is -0.489 e. The minimum absolute atomic E-state index is 0.148. The maximum Gasteiger partial charge on any atom is 0.126 e. The van der Waals surface area contributed by atoms with Gasteiger partial charge in [-0.2, -0.15) is 0 Å². The van der Waals surface area contributed by atoms with Gasteiger partial charge < -0.3 is 4.74 Å². The third-order valence-electron chi connectivity index (χ3n) is 4.89. The first-order valence-corrected chi connectivity index (χ1v) is 8.54. The quantitative estimate of drug-likeness (QED) is 0.863. The van der Waals surface area contributed by atoms with Crippen molar-refractivity contribution in [1.82, 2.24) is 14.8 Å². The molecular weight excluding hydrogens is 305 g/mol. The van der Waals surface area contributed by atoms with E-state index in [1.807, 2.05) is 24.5 Å². The third-order valence-corrected chi connectivity index (χ3v) is 4.89. The lowest BCUT2D eigenvalue weighted by atomic mass is 10.1. The van der Waals surface area contributed by atoms with Crippen molar-refractivity contribution in [3.63, 3.8) is 0 Å². The Hall–Kier alpha value is -1.98. The average Bonchev–Trinajstić information content (AvgIpc) is 2.97. The highest BCUT2D eigenvalue weighted by Gasteiger charge is 2.37. The topological polar surface area (TPSA) is 28.6 Å². The van der Waals surface area contributed by atoms with Crippen LogP contribution in [0.3, 0.4) is 0 Å². The van der Waals surface area contributed by atoms with Crippen molar-refractivity contribution in [2.24, 2.45) is 0 Å². The molecule has 5 heteroatoms. The number of aromatic nitrogens is 1. The summed E-state index contributed by atoms with van der Waals surface area (Å²) >= 11 is 0. The van der Waals surface area contributed by atoms with Crippen molar-refractivity contribution in [1.29, 1.82) is 0 Å². The Morgan fingerprint density at radius 2 is 2.12 bits per heavy atom. The molecule has 0 aliphatic carbocycles. The molecule has 2 atom stereocenters. The van der Waals surface area contributed by atoms with Crippen LogP contribution < -0.4 is 4.74 Å². The molecule has 2 saturated heterocycles. The monoisotopic (exact) mass is 327 g/mol. The van der Waals surface area contributed by atoms with E-state index in [0.29, 0.717) is 11.8 Å². The Morgan fingerprint density at radius 1 is 1.17 bits per heavy atom. The van der Waals surface area contributed by atoms with Gasteiger partial charge in [-0.25, -0.2) is 4.39 Å². The maximum absolute atomic E-state index is 13.3. The number of piperazine rings is 1. The minimum atomic E-state index is -0.245. The van der Waals surface area contributed by atoms with Gasteiger partial charge in [-0.3, -0.25) is 14.8 Å². The Kier molecular flexibility index (Phi) is 4.45. The molecule has 0 N–H and O–H groups in total. The van der Waals surface area contributed by atoms with Crippen LogP contribution in [0.1, 0.15) is 12.0 Å². The molecule has 3 heterocycles. The van der Waals surface area contributed by atoms with Crippen LogP contribution in [0.5, 0.6) is 5.75 Å². The molecule has 126 valence electrons. The molecule has 2 aliphatic heterocycles. The number of nitrogens with zero attached hydrogens (tertiary/aromatic N) is 3. The van der Waals surface area contributed by atoms with Crippen LogP contribution in [0.15, 0.2) is 48.8 Å². The van der Waals surface area contributed by atoms with Gasteiger partial charge >= 0.3 is 0 Å². The van der Waals surface area contributed by atoms with Crippen molar-refractivity contribution >= 4 is 0 Å². The number of pyridine rings is 1. The van der Waals surface area contributed by atoms with Crippen molar-refractivity contribution in [3.05, 3.63) is 60.2 Å². The van der Waals surface area contributed by atoms with Gasteiger partial charge in [0.05, 0.1) is 0 Å². The van der Waals surface area contributed by atoms with E-state index in [9.17, 15) is 4.39 Å². The van der Waals surface area contributed by atoms with Gasteiger partial charge in [0.2, 0.25) is 0 Å². The summed E-state index contributed by atoms with van der Waals surface area (Å²) in [7, 11) is 0. The molecule has 0 unspecified atom stereocenters. The fourth-order valence-corrected chi connectivity index (χ4v) is 3.77. The zero-order valence-electron chi connectivity index (χ0n) is 13.6. The normalized spacial score (nSPS) is 24.7. The van der Waals surface area contributed by atoms with Gasteiger partial charge in [0.25, 0.3) is 0 Å². The summed E-state index contributed by atoms with van der Waals surface area (Å²) in [5.41, 5.74) is 1.26. The van der Waals surface area contributed by atoms with Gasteiger partial charge in [0.1, 0.15) is 17.7 Å². The molecule has 0 amide bonds. The van der Waals surface area contributed by atoms with E-state index < -0.39 is 0 Å². The van der Waals surface area contributed by atoms with Crippen LogP contribution in [-0.2, 0) is 6.54 Å². The van der Waals surface area contributed by atoms with E-state index in [-0.39, 0.29) is 11.9 Å². The lowest BCUT2D eigenvalue weighted by Crippen LogP contribution is -2.49. The number of rotatable bonds is 4. The number of fused-ring (bicyclic) bond motifs is 1. The van der Waals surface area contributed by atoms with Gasteiger partial charge in [0.15, 0.2) is 0 Å². The highest BCUT2D eigenvalue weighted by molar-refractivity contribution is 5.23. The lowest BCUT2D eigenvalue weighted by molar-refractivity contribution is 0.0978. The molecule has 4 nitrogen and oxygen atoms in total. The smallest absolute Gasteiger partial charge is 0.126 e. The molecule has 0 radical (unpaired) electrons. The predicted molar refractivity (Wildman–Crippen MR) is 90.3 cm³/mol. The number of benzene rings is 1. The van der Waals surface area contributed by atoms with Crippen LogP contribution in [0.25, 0.3) is 0 Å². The fourth-order valence-electron chi connectivity index (χ4n) is 3.77. The highest BCUT2D eigenvalue weighted by atomic mass is 19.1. The van der Waals surface area contributed by atoms with Gasteiger partial charge in [-0.15, -0.1) is 0 Å². The molecule has 2 aliphatic rings. The molecule has 2 fully saturated rings. The Balaban J connectivity index is 1.34. The first-order valence-electron chi connectivity index (χ1n) is 8.54. The van der Waals surface area contributed by atoms with Crippen molar-refractivity contribution in [2.75, 3.05) is 26.2 Å². The molecular formula is C19H22FN3O. The summed E-state index contributed by atoms with van der Waals surface area (Å²) in [6, 6.07) is 11.1. The predicted octanol–water partition coefficient (Wildman–Crippen LogP) is 2.56. The van der Waals surface area contributed by atoms with E-state index in [0.717, 1.165) is 39.1 Å². The van der Waals surface area contributed by atoms with Crippen molar-refractivity contribution in [2.45, 2.75) is 25.1 Å². The van der Waals surface area contributed by atoms with E-state index in [4.69, 9.17) is 4.74 Å². The number of hydrogen-bond donors (Lipinski definition) is 0.